The number of fused-ring (bicyclic) bond motifs is 1. The molecule has 1 heterocycles. The fourth-order valence-electron chi connectivity index (χ4n) is 2.96. The molecule has 2 N–H and O–H groups in total. The van der Waals surface area contributed by atoms with E-state index in [4.69, 9.17) is 10.5 Å². The molecular weight excluding hydrogens is 260 g/mol. The highest BCUT2D eigenvalue weighted by Gasteiger charge is 2.14. The van der Waals surface area contributed by atoms with E-state index < -0.39 is 0 Å². The van der Waals surface area contributed by atoms with Gasteiger partial charge in [-0.1, -0.05) is 24.3 Å². The zero-order chi connectivity index (χ0) is 14.7. The Balaban J connectivity index is 1.72. The predicted octanol–water partition coefficient (Wildman–Crippen LogP) is 2.88. The maximum atomic E-state index is 6.10. The van der Waals surface area contributed by atoms with Gasteiger partial charge in [0, 0.05) is 25.3 Å². The maximum Gasteiger partial charge on any atom is 0.119 e. The third-order valence-corrected chi connectivity index (χ3v) is 4.26. The van der Waals surface area contributed by atoms with E-state index in [0.29, 0.717) is 0 Å². The van der Waals surface area contributed by atoms with Crippen LogP contribution in [0.15, 0.2) is 42.5 Å². The van der Waals surface area contributed by atoms with E-state index in [1.807, 2.05) is 18.2 Å². The molecule has 2 aromatic rings. The number of hydrogen-bond acceptors (Lipinski definition) is 3. The Labute approximate surface area is 126 Å². The Morgan fingerprint density at radius 3 is 2.33 bits per heavy atom. The zero-order valence-electron chi connectivity index (χ0n) is 12.5. The smallest absolute Gasteiger partial charge is 0.119 e. The molecule has 0 saturated carbocycles. The van der Waals surface area contributed by atoms with Gasteiger partial charge in [-0.05, 0) is 47.7 Å². The number of methoxy groups -OCH3 is 1. The molecule has 110 valence electrons. The van der Waals surface area contributed by atoms with Gasteiger partial charge in [0.25, 0.3) is 0 Å². The molecule has 1 aliphatic heterocycles. The van der Waals surface area contributed by atoms with Crippen molar-refractivity contribution in [3.63, 3.8) is 0 Å². The van der Waals surface area contributed by atoms with E-state index in [0.717, 1.165) is 49.5 Å². The minimum Gasteiger partial charge on any atom is -0.497 e. The van der Waals surface area contributed by atoms with Gasteiger partial charge in [-0.15, -0.1) is 0 Å². The Hall–Kier alpha value is -2.00. The lowest BCUT2D eigenvalue weighted by Crippen LogP contribution is -2.26. The third-order valence-electron chi connectivity index (χ3n) is 4.26. The van der Waals surface area contributed by atoms with E-state index in [9.17, 15) is 0 Å². The molecule has 0 atom stereocenters. The van der Waals surface area contributed by atoms with Gasteiger partial charge < -0.3 is 10.5 Å². The summed E-state index contributed by atoms with van der Waals surface area (Å²) in [4.78, 5) is 2.48. The summed E-state index contributed by atoms with van der Waals surface area (Å²) in [6.45, 7) is 3.04. The molecule has 0 bridgehead atoms. The molecule has 1 aliphatic rings. The summed E-state index contributed by atoms with van der Waals surface area (Å²) in [7, 11) is 1.69. The van der Waals surface area contributed by atoms with Gasteiger partial charge in [0.15, 0.2) is 0 Å². The zero-order valence-corrected chi connectivity index (χ0v) is 12.5. The third kappa shape index (κ3) is 3.19. The number of rotatable bonds is 3. The minimum atomic E-state index is 0.845. The van der Waals surface area contributed by atoms with Gasteiger partial charge in [-0.25, -0.2) is 0 Å². The summed E-state index contributed by atoms with van der Waals surface area (Å²) in [6.07, 6.45) is 2.22. The van der Waals surface area contributed by atoms with Gasteiger partial charge in [0.1, 0.15) is 5.75 Å². The Kier molecular flexibility index (Phi) is 4.11. The molecule has 3 rings (SSSR count). The molecule has 0 unspecified atom stereocenters. The number of anilines is 1. The van der Waals surface area contributed by atoms with Gasteiger partial charge >= 0.3 is 0 Å². The molecule has 3 heteroatoms. The van der Waals surface area contributed by atoms with Gasteiger partial charge in [-0.2, -0.15) is 0 Å². The first kappa shape index (κ1) is 14.0. The van der Waals surface area contributed by atoms with E-state index in [2.05, 4.69) is 29.2 Å². The summed E-state index contributed by atoms with van der Waals surface area (Å²) in [6, 6.07) is 14.7. The topological polar surface area (TPSA) is 38.5 Å². The first-order valence-corrected chi connectivity index (χ1v) is 7.48. The number of hydrogen-bond donors (Lipinski definition) is 1. The maximum absolute atomic E-state index is 6.10. The first-order chi connectivity index (χ1) is 10.3. The molecule has 0 amide bonds. The van der Waals surface area contributed by atoms with Crippen LogP contribution in [0.4, 0.5) is 5.69 Å². The highest BCUT2D eigenvalue weighted by molar-refractivity contribution is 5.50. The largest absolute Gasteiger partial charge is 0.497 e. The van der Waals surface area contributed by atoms with Crippen LogP contribution in [-0.4, -0.2) is 25.1 Å². The van der Waals surface area contributed by atoms with Crippen LogP contribution in [0, 0.1) is 0 Å². The quantitative estimate of drug-likeness (QED) is 0.880. The number of nitrogen functional groups attached to an aromatic ring is 1. The van der Waals surface area contributed by atoms with Crippen molar-refractivity contribution in [2.24, 2.45) is 0 Å². The van der Waals surface area contributed by atoms with Crippen molar-refractivity contribution in [3.05, 3.63) is 59.2 Å². The van der Waals surface area contributed by atoms with E-state index in [-0.39, 0.29) is 0 Å². The molecule has 0 saturated heterocycles. The molecule has 2 aromatic carbocycles. The fourth-order valence-corrected chi connectivity index (χ4v) is 2.96. The molecule has 0 aliphatic carbocycles. The lowest BCUT2D eigenvalue weighted by Gasteiger charge is -2.21. The second-order valence-corrected chi connectivity index (χ2v) is 5.61. The summed E-state index contributed by atoms with van der Waals surface area (Å²) >= 11 is 0. The number of nitrogens with two attached hydrogens (primary N) is 1. The molecule has 0 radical (unpaired) electrons. The van der Waals surface area contributed by atoms with Crippen molar-refractivity contribution in [2.75, 3.05) is 25.9 Å². The molecule has 21 heavy (non-hydrogen) atoms. The number of benzene rings is 2. The van der Waals surface area contributed by atoms with Crippen LogP contribution in [0.5, 0.6) is 5.75 Å². The Morgan fingerprint density at radius 2 is 1.71 bits per heavy atom. The van der Waals surface area contributed by atoms with Crippen LogP contribution < -0.4 is 10.5 Å². The first-order valence-electron chi connectivity index (χ1n) is 7.48. The SMILES string of the molecule is COc1ccc(N)c(CN2CCc3ccccc3CC2)c1. The monoisotopic (exact) mass is 282 g/mol. The van der Waals surface area contributed by atoms with Crippen LogP contribution in [-0.2, 0) is 19.4 Å². The molecule has 3 nitrogen and oxygen atoms in total. The second-order valence-electron chi connectivity index (χ2n) is 5.61. The normalized spacial score (nSPS) is 15.3. The van der Waals surface area contributed by atoms with Gasteiger partial charge in [0.2, 0.25) is 0 Å². The van der Waals surface area contributed by atoms with Crippen molar-refractivity contribution < 1.29 is 4.74 Å². The van der Waals surface area contributed by atoms with Crippen LogP contribution in [0.1, 0.15) is 16.7 Å². The minimum absolute atomic E-state index is 0.845. The van der Waals surface area contributed by atoms with Gasteiger partial charge in [-0.3, -0.25) is 4.90 Å². The lowest BCUT2D eigenvalue weighted by molar-refractivity contribution is 0.279. The van der Waals surface area contributed by atoms with E-state index in [1.165, 1.54) is 11.1 Å². The van der Waals surface area contributed by atoms with Crippen LogP contribution in [0.3, 0.4) is 0 Å². The van der Waals surface area contributed by atoms with E-state index in [1.54, 1.807) is 7.11 Å². The predicted molar refractivity (Wildman–Crippen MR) is 86.5 cm³/mol. The van der Waals surface area contributed by atoms with Crippen LogP contribution in [0.25, 0.3) is 0 Å². The van der Waals surface area contributed by atoms with Crippen molar-refractivity contribution in [2.45, 2.75) is 19.4 Å². The van der Waals surface area contributed by atoms with Crippen molar-refractivity contribution in [1.29, 1.82) is 0 Å². The molecule has 0 aromatic heterocycles. The summed E-state index contributed by atoms with van der Waals surface area (Å²) in [5, 5.41) is 0. The van der Waals surface area contributed by atoms with Crippen LogP contribution >= 0.6 is 0 Å². The summed E-state index contributed by atoms with van der Waals surface area (Å²) < 4.78 is 5.30. The van der Waals surface area contributed by atoms with Crippen molar-refractivity contribution >= 4 is 5.69 Å². The van der Waals surface area contributed by atoms with E-state index >= 15 is 0 Å². The molecular formula is C18H22N2O. The van der Waals surface area contributed by atoms with Gasteiger partial charge in [0.05, 0.1) is 7.11 Å². The Morgan fingerprint density at radius 1 is 1.05 bits per heavy atom. The van der Waals surface area contributed by atoms with Crippen molar-refractivity contribution in [3.8, 4) is 5.75 Å². The van der Waals surface area contributed by atoms with Crippen LogP contribution in [0.2, 0.25) is 0 Å². The second kappa shape index (κ2) is 6.19. The van der Waals surface area contributed by atoms with Crippen molar-refractivity contribution in [1.82, 2.24) is 4.90 Å². The molecule has 0 fully saturated rings. The molecule has 0 spiro atoms. The Bertz CT molecular complexity index is 597. The average Bonchev–Trinajstić information content (AvgIpc) is 2.72. The highest BCUT2D eigenvalue weighted by Crippen LogP contribution is 2.23. The fraction of sp³-hybridized carbons (Fsp3) is 0.333. The summed E-state index contributed by atoms with van der Waals surface area (Å²) in [5.41, 5.74) is 11.1. The number of nitrogens with zero attached hydrogens (tertiary/aromatic N) is 1. The standard InChI is InChI=1S/C18H22N2O/c1-21-17-6-7-18(19)16(12-17)13-20-10-8-14-4-2-3-5-15(14)9-11-20/h2-7,12H,8-11,13,19H2,1H3. The summed E-state index contributed by atoms with van der Waals surface area (Å²) in [5.74, 6) is 0.873. The number of ether oxygens (including phenoxy) is 1. The average molecular weight is 282 g/mol. The lowest BCUT2D eigenvalue weighted by atomic mass is 10.0. The highest BCUT2D eigenvalue weighted by atomic mass is 16.5.